The summed E-state index contributed by atoms with van der Waals surface area (Å²) >= 11 is 0. The van der Waals surface area contributed by atoms with Gasteiger partial charge in [-0.1, -0.05) is 17.7 Å². The highest BCUT2D eigenvalue weighted by atomic mass is 32.2. The van der Waals surface area contributed by atoms with Crippen LogP contribution in [-0.2, 0) is 10.0 Å². The van der Waals surface area contributed by atoms with Gasteiger partial charge >= 0.3 is 0 Å². The molecule has 204 valence electrons. The molecule has 1 fully saturated rings. The second-order valence-electron chi connectivity index (χ2n) is 10.4. The Morgan fingerprint density at radius 2 is 1.69 bits per heavy atom. The van der Waals surface area contributed by atoms with Crippen LogP contribution in [0.15, 0.2) is 54.6 Å². The van der Waals surface area contributed by atoms with Crippen molar-refractivity contribution in [3.05, 3.63) is 82.7 Å². The molecule has 1 unspecified atom stereocenters. The lowest BCUT2D eigenvalue weighted by molar-refractivity contribution is 0.0597. The van der Waals surface area contributed by atoms with Gasteiger partial charge in [0.15, 0.2) is 0 Å². The fourth-order valence-electron chi connectivity index (χ4n) is 5.71. The molecule has 3 aromatic carbocycles. The predicted octanol–water partition coefficient (Wildman–Crippen LogP) is 5.70. The molecule has 0 saturated carbocycles. The van der Waals surface area contributed by atoms with Crippen LogP contribution < -0.4 is 9.46 Å². The molecular weight excluding hydrogens is 512 g/mol. The number of hydrogen-bond donors (Lipinski definition) is 1. The summed E-state index contributed by atoms with van der Waals surface area (Å²) in [6.45, 7) is 6.68. The highest BCUT2D eigenvalue weighted by Gasteiger charge is 2.34. The molecule has 1 N–H and O–H groups in total. The van der Waals surface area contributed by atoms with E-state index in [2.05, 4.69) is 21.4 Å². The minimum absolute atomic E-state index is 0.0162. The van der Waals surface area contributed by atoms with E-state index in [4.69, 9.17) is 9.72 Å². The van der Waals surface area contributed by atoms with Crippen molar-refractivity contribution in [2.75, 3.05) is 24.6 Å². The van der Waals surface area contributed by atoms with Crippen LogP contribution in [0, 0.1) is 20.8 Å². The molecule has 1 saturated heterocycles. The summed E-state index contributed by atoms with van der Waals surface area (Å²) in [4.78, 5) is 21.1. The van der Waals surface area contributed by atoms with Gasteiger partial charge in [-0.3, -0.25) is 14.1 Å². The van der Waals surface area contributed by atoms with Gasteiger partial charge in [-0.05, 0) is 93.6 Å². The van der Waals surface area contributed by atoms with E-state index >= 15 is 0 Å². The number of carbonyl (C=O) groups is 1. The lowest BCUT2D eigenvalue weighted by atomic mass is 9.95. The predicted molar refractivity (Wildman–Crippen MR) is 154 cm³/mol. The number of fused-ring (bicyclic) bond motifs is 1. The molecule has 9 heteroatoms. The third kappa shape index (κ3) is 5.36. The molecule has 1 aliphatic heterocycles. The van der Waals surface area contributed by atoms with Crippen LogP contribution in [0.4, 0.5) is 5.69 Å². The second-order valence-corrected chi connectivity index (χ2v) is 12.1. The SMILES string of the molecule is COc1ccc(-n2c(C3CCCCN3C(=O)c3c(C)cc(C)cc3C)nc3cc(NS(C)(=O)=O)ccc32)cc1. The number of carbonyl (C=O) groups excluding carboxylic acids is 1. The van der Waals surface area contributed by atoms with Crippen molar-refractivity contribution in [1.82, 2.24) is 14.5 Å². The highest BCUT2D eigenvalue weighted by molar-refractivity contribution is 7.92. The molecule has 0 aliphatic carbocycles. The summed E-state index contributed by atoms with van der Waals surface area (Å²) in [5, 5.41) is 0. The van der Waals surface area contributed by atoms with Gasteiger partial charge in [-0.25, -0.2) is 13.4 Å². The summed E-state index contributed by atoms with van der Waals surface area (Å²) in [5.74, 6) is 1.51. The Morgan fingerprint density at radius 3 is 2.33 bits per heavy atom. The lowest BCUT2D eigenvalue weighted by Gasteiger charge is -2.36. The molecule has 8 nitrogen and oxygen atoms in total. The van der Waals surface area contributed by atoms with Gasteiger partial charge in [-0.15, -0.1) is 0 Å². The number of aromatic nitrogens is 2. The van der Waals surface area contributed by atoms with Crippen LogP contribution >= 0.6 is 0 Å². The number of methoxy groups -OCH3 is 1. The average molecular weight is 547 g/mol. The Hall–Kier alpha value is -3.85. The van der Waals surface area contributed by atoms with Crippen molar-refractivity contribution in [3.8, 4) is 11.4 Å². The first-order valence-corrected chi connectivity index (χ1v) is 15.0. The standard InChI is InChI=1S/C30H34N4O4S/c1-19-16-20(2)28(21(3)17-19)30(35)33-15-7-6-8-27(33)29-31-25-18-22(32-39(5,36)37)9-14-26(25)34(29)23-10-12-24(38-4)13-11-23/h9-14,16-18,27,32H,6-8,15H2,1-5H3. The smallest absolute Gasteiger partial charge is 0.255 e. The molecule has 39 heavy (non-hydrogen) atoms. The van der Waals surface area contributed by atoms with Gasteiger partial charge in [-0.2, -0.15) is 0 Å². The minimum Gasteiger partial charge on any atom is -0.497 e. The third-order valence-corrected chi connectivity index (χ3v) is 7.87. The number of aryl methyl sites for hydroxylation is 3. The Morgan fingerprint density at radius 1 is 1.00 bits per heavy atom. The maximum Gasteiger partial charge on any atom is 0.255 e. The van der Waals surface area contributed by atoms with Crippen LogP contribution in [0.2, 0.25) is 0 Å². The normalized spacial score (nSPS) is 15.9. The van der Waals surface area contributed by atoms with Gasteiger partial charge < -0.3 is 9.64 Å². The molecule has 1 amide bonds. The van der Waals surface area contributed by atoms with Crippen molar-refractivity contribution in [3.63, 3.8) is 0 Å². The zero-order valence-electron chi connectivity index (χ0n) is 23.0. The topological polar surface area (TPSA) is 93.5 Å². The van der Waals surface area contributed by atoms with Crippen molar-refractivity contribution in [2.24, 2.45) is 0 Å². The van der Waals surface area contributed by atoms with Crippen LogP contribution in [0.1, 0.15) is 58.2 Å². The minimum atomic E-state index is -3.44. The summed E-state index contributed by atoms with van der Waals surface area (Å²) in [7, 11) is -1.81. The molecule has 0 spiro atoms. The van der Waals surface area contributed by atoms with Crippen molar-refractivity contribution < 1.29 is 17.9 Å². The van der Waals surface area contributed by atoms with Crippen molar-refractivity contribution in [1.29, 1.82) is 0 Å². The van der Waals surface area contributed by atoms with E-state index in [0.717, 1.165) is 70.6 Å². The van der Waals surface area contributed by atoms with Gasteiger partial charge in [0.2, 0.25) is 10.0 Å². The number of amides is 1. The van der Waals surface area contributed by atoms with E-state index in [1.54, 1.807) is 19.2 Å². The molecule has 1 aromatic heterocycles. The Bertz CT molecular complexity index is 1640. The van der Waals surface area contributed by atoms with Crippen LogP contribution in [0.3, 0.4) is 0 Å². The number of benzene rings is 3. The summed E-state index contributed by atoms with van der Waals surface area (Å²) in [5.41, 5.74) is 6.64. The zero-order chi connectivity index (χ0) is 27.9. The number of nitrogens with one attached hydrogen (secondary N) is 1. The van der Waals surface area contributed by atoms with Crippen molar-refractivity contribution >= 4 is 32.7 Å². The average Bonchev–Trinajstić information content (AvgIpc) is 3.25. The zero-order valence-corrected chi connectivity index (χ0v) is 23.8. The second kappa shape index (κ2) is 10.4. The quantitative estimate of drug-likeness (QED) is 0.335. The largest absolute Gasteiger partial charge is 0.497 e. The number of piperidine rings is 1. The fraction of sp³-hybridized carbons (Fsp3) is 0.333. The van der Waals surface area contributed by atoms with Crippen LogP contribution in [0.5, 0.6) is 5.75 Å². The number of nitrogens with zero attached hydrogens (tertiary/aromatic N) is 3. The van der Waals surface area contributed by atoms with E-state index in [9.17, 15) is 13.2 Å². The van der Waals surface area contributed by atoms with E-state index < -0.39 is 10.0 Å². The first kappa shape index (κ1) is 26.7. The Balaban J connectivity index is 1.67. The lowest BCUT2D eigenvalue weighted by Crippen LogP contribution is -2.40. The number of hydrogen-bond acceptors (Lipinski definition) is 5. The summed E-state index contributed by atoms with van der Waals surface area (Å²) in [6, 6.07) is 16.9. The van der Waals surface area contributed by atoms with Crippen LogP contribution in [0.25, 0.3) is 16.7 Å². The molecule has 1 atom stereocenters. The number of rotatable bonds is 6. The van der Waals surface area contributed by atoms with Gasteiger partial charge in [0.1, 0.15) is 11.6 Å². The van der Waals surface area contributed by atoms with Gasteiger partial charge in [0.25, 0.3) is 5.91 Å². The highest BCUT2D eigenvalue weighted by Crippen LogP contribution is 2.37. The van der Waals surface area contributed by atoms with Crippen LogP contribution in [-0.4, -0.2) is 48.7 Å². The Kier molecular flexibility index (Phi) is 7.11. The van der Waals surface area contributed by atoms with Gasteiger partial charge in [0.05, 0.1) is 36.1 Å². The van der Waals surface area contributed by atoms with Gasteiger partial charge in [0, 0.05) is 17.8 Å². The number of ether oxygens (including phenoxy) is 1. The molecule has 5 rings (SSSR count). The number of likely N-dealkylation sites (tertiary alicyclic amines) is 1. The van der Waals surface area contributed by atoms with E-state index in [-0.39, 0.29) is 11.9 Å². The third-order valence-electron chi connectivity index (χ3n) is 7.27. The summed E-state index contributed by atoms with van der Waals surface area (Å²) < 4.78 is 33.7. The molecule has 1 aliphatic rings. The fourth-order valence-corrected chi connectivity index (χ4v) is 6.26. The summed E-state index contributed by atoms with van der Waals surface area (Å²) in [6.07, 6.45) is 3.81. The van der Waals surface area contributed by atoms with E-state index in [1.165, 1.54) is 0 Å². The first-order valence-electron chi connectivity index (χ1n) is 13.1. The monoisotopic (exact) mass is 546 g/mol. The first-order chi connectivity index (χ1) is 18.6. The number of imidazole rings is 1. The Labute approximate surface area is 229 Å². The maximum absolute atomic E-state index is 14.1. The molecular formula is C30H34N4O4S. The number of sulfonamides is 1. The number of anilines is 1. The maximum atomic E-state index is 14.1. The molecule has 2 heterocycles. The molecule has 0 radical (unpaired) electrons. The van der Waals surface area contributed by atoms with E-state index in [0.29, 0.717) is 17.7 Å². The van der Waals surface area contributed by atoms with Crippen molar-refractivity contribution in [2.45, 2.75) is 46.1 Å². The van der Waals surface area contributed by atoms with E-state index in [1.807, 2.05) is 56.0 Å². The molecule has 0 bridgehead atoms. The molecule has 4 aromatic rings.